The molecule has 2 rings (SSSR count). The molecule has 0 aliphatic carbocycles. The largest absolute Gasteiger partial charge is 0.469 e. The number of methoxy groups -OCH3 is 1. The van der Waals surface area contributed by atoms with Crippen molar-refractivity contribution in [2.24, 2.45) is 0 Å². The van der Waals surface area contributed by atoms with Crippen LogP contribution in [0.4, 0.5) is 13.2 Å². The monoisotopic (exact) mass is 355 g/mol. The summed E-state index contributed by atoms with van der Waals surface area (Å²) in [7, 11) is 1.30. The number of alkyl halides is 3. The van der Waals surface area contributed by atoms with E-state index in [1.54, 1.807) is 4.90 Å². The molecule has 2 aliphatic heterocycles. The van der Waals surface area contributed by atoms with E-state index < -0.39 is 24.8 Å². The van der Waals surface area contributed by atoms with Gasteiger partial charge >= 0.3 is 12.1 Å². The average molecular weight is 355 g/mol. The van der Waals surface area contributed by atoms with E-state index in [1.165, 1.54) is 7.11 Å². The zero-order chi connectivity index (χ0) is 17.7. The quantitative estimate of drug-likeness (QED) is 0.762. The number of nitrogens with zero attached hydrogens (tertiary/aromatic N) is 1. The van der Waals surface area contributed by atoms with Crippen LogP contribution >= 0.6 is 0 Å². The van der Waals surface area contributed by atoms with E-state index in [0.29, 0.717) is 12.8 Å². The van der Waals surface area contributed by atoms with Crippen molar-refractivity contribution in [1.29, 1.82) is 0 Å². The number of aliphatic hydroxyl groups excluding tert-OH is 1. The molecule has 140 valence electrons. The molecule has 0 unspecified atom stereocenters. The molecule has 2 aliphatic rings. The number of β-amino-alcohol motifs (C(OH)–C–C–N with tert-alkyl or cyclic N) is 1. The van der Waals surface area contributed by atoms with Crippen LogP contribution in [0.5, 0.6) is 0 Å². The summed E-state index contributed by atoms with van der Waals surface area (Å²) in [6.45, 7) is 0.160. The van der Waals surface area contributed by atoms with Crippen molar-refractivity contribution in [3.05, 3.63) is 0 Å². The van der Waals surface area contributed by atoms with Crippen LogP contribution in [-0.2, 0) is 19.0 Å². The molecular weight excluding hydrogens is 331 g/mol. The molecule has 2 saturated heterocycles. The first kappa shape index (κ1) is 19.4. The van der Waals surface area contributed by atoms with E-state index >= 15 is 0 Å². The molecule has 0 spiro atoms. The number of esters is 1. The Balaban J connectivity index is 2.01. The Hall–Kier alpha value is -0.900. The number of hydrogen-bond donors (Lipinski definition) is 1. The molecule has 4 atom stereocenters. The maximum absolute atomic E-state index is 12.6. The zero-order valence-electron chi connectivity index (χ0n) is 13.6. The summed E-state index contributed by atoms with van der Waals surface area (Å²) in [6, 6.07) is -0.267. The molecule has 0 aromatic carbocycles. The third-order valence-electron chi connectivity index (χ3n) is 4.39. The number of fused-ring (bicyclic) bond motifs is 1. The minimum atomic E-state index is -4.25. The van der Waals surface area contributed by atoms with Gasteiger partial charge in [-0.3, -0.25) is 9.69 Å². The molecule has 9 heteroatoms. The maximum Gasteiger partial charge on any atom is 0.390 e. The van der Waals surface area contributed by atoms with E-state index in [4.69, 9.17) is 9.47 Å². The second kappa shape index (κ2) is 8.46. The average Bonchev–Trinajstić information content (AvgIpc) is 2.49. The molecule has 2 heterocycles. The predicted octanol–water partition coefficient (Wildman–Crippen LogP) is 1.11. The van der Waals surface area contributed by atoms with Gasteiger partial charge in [-0.15, -0.1) is 0 Å². The second-order valence-electron chi connectivity index (χ2n) is 6.27. The number of ether oxygens (including phenoxy) is 3. The lowest BCUT2D eigenvalue weighted by Gasteiger charge is -2.44. The Morgan fingerprint density at radius 2 is 2.08 bits per heavy atom. The van der Waals surface area contributed by atoms with Gasteiger partial charge in [0, 0.05) is 19.1 Å². The van der Waals surface area contributed by atoms with Crippen LogP contribution < -0.4 is 0 Å². The first-order valence-electron chi connectivity index (χ1n) is 8.07. The van der Waals surface area contributed by atoms with Crippen molar-refractivity contribution in [1.82, 2.24) is 4.90 Å². The lowest BCUT2D eigenvalue weighted by atomic mass is 9.94. The lowest BCUT2D eigenvalue weighted by Crippen LogP contribution is -2.56. The summed E-state index contributed by atoms with van der Waals surface area (Å²) in [5, 5.41) is 9.86. The van der Waals surface area contributed by atoms with Gasteiger partial charge in [0.2, 0.25) is 0 Å². The van der Waals surface area contributed by atoms with Crippen molar-refractivity contribution in [3.8, 4) is 0 Å². The molecular formula is C15H24F3NO5. The van der Waals surface area contributed by atoms with E-state index in [2.05, 4.69) is 4.74 Å². The first-order valence-corrected chi connectivity index (χ1v) is 8.07. The highest BCUT2D eigenvalue weighted by molar-refractivity contribution is 5.69. The van der Waals surface area contributed by atoms with Gasteiger partial charge in [0.1, 0.15) is 0 Å². The van der Waals surface area contributed by atoms with Crippen LogP contribution in [0.25, 0.3) is 0 Å². The van der Waals surface area contributed by atoms with Crippen molar-refractivity contribution in [2.45, 2.75) is 56.2 Å². The van der Waals surface area contributed by atoms with Gasteiger partial charge in [-0.25, -0.2) is 0 Å². The highest BCUT2D eigenvalue weighted by Gasteiger charge is 2.39. The summed E-state index contributed by atoms with van der Waals surface area (Å²) in [5.74, 6) is -0.380. The Bertz CT molecular complexity index is 420. The lowest BCUT2D eigenvalue weighted by molar-refractivity contribution is -0.172. The third-order valence-corrected chi connectivity index (χ3v) is 4.39. The minimum Gasteiger partial charge on any atom is -0.469 e. The van der Waals surface area contributed by atoms with Gasteiger partial charge < -0.3 is 19.3 Å². The molecule has 0 aromatic heterocycles. The minimum absolute atomic E-state index is 0.0523. The van der Waals surface area contributed by atoms with Crippen molar-refractivity contribution < 1.29 is 37.3 Å². The standard InChI is InChI=1S/C15H24F3NO5/c1-22-14(21)6-11-2-3-12-13(24-11)9-23-8-10(20)7-19(12)5-4-15(16,17)18/h10-13,20H,2-9H2,1H3/t10-,11-,12-,13+/m1/s1. The third kappa shape index (κ3) is 5.87. The van der Waals surface area contributed by atoms with Crippen molar-refractivity contribution in [2.75, 3.05) is 33.4 Å². The maximum atomic E-state index is 12.6. The zero-order valence-corrected chi connectivity index (χ0v) is 13.6. The Labute approximate surface area is 138 Å². The number of rotatable bonds is 4. The molecule has 0 aromatic rings. The number of carbonyl (C=O) groups excluding carboxylic acids is 1. The highest BCUT2D eigenvalue weighted by Crippen LogP contribution is 2.29. The van der Waals surface area contributed by atoms with E-state index in [1.807, 2.05) is 0 Å². The SMILES string of the molecule is COC(=O)C[C@H]1CC[C@@H]2[C@H](COC[C@H](O)CN2CCC(F)(F)F)O1. The Morgan fingerprint density at radius 1 is 1.33 bits per heavy atom. The first-order chi connectivity index (χ1) is 11.3. The van der Waals surface area contributed by atoms with Gasteiger partial charge in [-0.05, 0) is 12.8 Å². The Kier molecular flexibility index (Phi) is 6.85. The van der Waals surface area contributed by atoms with E-state index in [0.717, 1.165) is 0 Å². The number of hydrogen-bond acceptors (Lipinski definition) is 6. The summed E-state index contributed by atoms with van der Waals surface area (Å²) >= 11 is 0. The van der Waals surface area contributed by atoms with Crippen molar-refractivity contribution >= 4 is 5.97 Å². The second-order valence-corrected chi connectivity index (χ2v) is 6.27. The fourth-order valence-corrected chi connectivity index (χ4v) is 3.24. The molecule has 0 saturated carbocycles. The van der Waals surface area contributed by atoms with E-state index in [9.17, 15) is 23.1 Å². The molecule has 1 N–H and O–H groups in total. The summed E-state index contributed by atoms with van der Waals surface area (Å²) in [4.78, 5) is 13.0. The van der Waals surface area contributed by atoms with Crippen LogP contribution in [0.1, 0.15) is 25.7 Å². The molecule has 0 amide bonds. The number of aliphatic hydroxyl groups is 1. The normalized spacial score (nSPS) is 32.5. The highest BCUT2D eigenvalue weighted by atomic mass is 19.4. The fourth-order valence-electron chi connectivity index (χ4n) is 3.24. The van der Waals surface area contributed by atoms with E-state index in [-0.39, 0.29) is 50.8 Å². The number of halogens is 3. The molecule has 2 fully saturated rings. The molecule has 0 radical (unpaired) electrons. The Morgan fingerprint density at radius 3 is 2.75 bits per heavy atom. The predicted molar refractivity (Wildman–Crippen MR) is 77.4 cm³/mol. The van der Waals surface area contributed by atoms with Crippen LogP contribution in [0.3, 0.4) is 0 Å². The van der Waals surface area contributed by atoms with Crippen molar-refractivity contribution in [3.63, 3.8) is 0 Å². The summed E-state index contributed by atoms with van der Waals surface area (Å²) in [5.41, 5.74) is 0. The van der Waals surface area contributed by atoms with Crippen LogP contribution in [0.15, 0.2) is 0 Å². The van der Waals surface area contributed by atoms with Gasteiger partial charge in [-0.2, -0.15) is 13.2 Å². The summed E-state index contributed by atoms with van der Waals surface area (Å²) < 4.78 is 53.6. The molecule has 0 bridgehead atoms. The molecule has 24 heavy (non-hydrogen) atoms. The fraction of sp³-hybridized carbons (Fsp3) is 0.933. The van der Waals surface area contributed by atoms with Gasteiger partial charge in [0.05, 0.1) is 51.5 Å². The van der Waals surface area contributed by atoms with Crippen LogP contribution in [0, 0.1) is 0 Å². The topological polar surface area (TPSA) is 68.2 Å². The smallest absolute Gasteiger partial charge is 0.390 e. The van der Waals surface area contributed by atoms with Crippen LogP contribution in [0.2, 0.25) is 0 Å². The summed E-state index contributed by atoms with van der Waals surface area (Å²) in [6.07, 6.45) is -5.50. The van der Waals surface area contributed by atoms with Gasteiger partial charge in [-0.1, -0.05) is 0 Å². The number of carbonyl (C=O) groups is 1. The van der Waals surface area contributed by atoms with Gasteiger partial charge in [0.15, 0.2) is 0 Å². The molecule has 6 nitrogen and oxygen atoms in total. The van der Waals surface area contributed by atoms with Gasteiger partial charge in [0.25, 0.3) is 0 Å². The van der Waals surface area contributed by atoms with Crippen LogP contribution in [-0.4, -0.2) is 79.9 Å².